The number of rotatable bonds is 7. The standard InChI is InChI=1S/C13H14N2O4/c16-13(17)11-3-1-2-4-12(11)18-8-7-14-9-10-5-6-15-19-10/h1-6,14H,7-9H2,(H,16,17). The lowest BCUT2D eigenvalue weighted by molar-refractivity contribution is 0.0692. The summed E-state index contributed by atoms with van der Waals surface area (Å²) in [6, 6.07) is 8.33. The van der Waals surface area contributed by atoms with Gasteiger partial charge in [0.25, 0.3) is 0 Å². The van der Waals surface area contributed by atoms with Crippen molar-refractivity contribution < 1.29 is 19.2 Å². The second-order valence-electron chi connectivity index (χ2n) is 3.81. The highest BCUT2D eigenvalue weighted by Crippen LogP contribution is 2.17. The summed E-state index contributed by atoms with van der Waals surface area (Å²) in [5, 5.41) is 15.7. The molecule has 0 amide bonds. The lowest BCUT2D eigenvalue weighted by Gasteiger charge is -2.09. The van der Waals surface area contributed by atoms with Crippen LogP contribution in [0.5, 0.6) is 5.75 Å². The Bertz CT molecular complexity index is 525. The molecule has 0 saturated heterocycles. The summed E-state index contributed by atoms with van der Waals surface area (Å²) in [5.74, 6) is 0.118. The molecular weight excluding hydrogens is 248 g/mol. The second kappa shape index (κ2) is 6.55. The molecule has 2 rings (SSSR count). The first-order valence-electron chi connectivity index (χ1n) is 5.83. The van der Waals surface area contributed by atoms with Gasteiger partial charge in [0.05, 0.1) is 12.7 Å². The van der Waals surface area contributed by atoms with Gasteiger partial charge in [-0.3, -0.25) is 0 Å². The third-order valence-electron chi connectivity index (χ3n) is 2.44. The minimum absolute atomic E-state index is 0.165. The van der Waals surface area contributed by atoms with Crippen LogP contribution in [0.25, 0.3) is 0 Å². The summed E-state index contributed by atoms with van der Waals surface area (Å²) < 4.78 is 10.3. The van der Waals surface area contributed by atoms with Crippen LogP contribution in [-0.2, 0) is 6.54 Å². The van der Waals surface area contributed by atoms with E-state index in [0.29, 0.717) is 25.4 Å². The summed E-state index contributed by atoms with van der Waals surface area (Å²) in [7, 11) is 0. The maximum atomic E-state index is 11.0. The number of carboxylic acids is 1. The lowest BCUT2D eigenvalue weighted by atomic mass is 10.2. The molecule has 6 nitrogen and oxygen atoms in total. The maximum Gasteiger partial charge on any atom is 0.339 e. The van der Waals surface area contributed by atoms with Gasteiger partial charge in [0, 0.05) is 12.6 Å². The van der Waals surface area contributed by atoms with E-state index in [-0.39, 0.29) is 5.56 Å². The third kappa shape index (κ3) is 3.82. The molecule has 1 aromatic carbocycles. The molecule has 0 atom stereocenters. The van der Waals surface area contributed by atoms with E-state index in [1.807, 2.05) is 0 Å². The van der Waals surface area contributed by atoms with Crippen molar-refractivity contribution in [1.29, 1.82) is 0 Å². The number of nitrogens with one attached hydrogen (secondary N) is 1. The minimum atomic E-state index is -0.995. The van der Waals surface area contributed by atoms with Crippen molar-refractivity contribution in [3.05, 3.63) is 47.9 Å². The number of nitrogens with zero attached hydrogens (tertiary/aromatic N) is 1. The van der Waals surface area contributed by atoms with E-state index in [0.717, 1.165) is 5.76 Å². The van der Waals surface area contributed by atoms with Crippen molar-refractivity contribution in [3.8, 4) is 5.75 Å². The van der Waals surface area contributed by atoms with Crippen molar-refractivity contribution in [2.45, 2.75) is 6.54 Å². The Hall–Kier alpha value is -2.34. The number of para-hydroxylation sites is 1. The molecule has 0 radical (unpaired) electrons. The first-order chi connectivity index (χ1) is 9.27. The highest BCUT2D eigenvalue weighted by atomic mass is 16.5. The van der Waals surface area contributed by atoms with E-state index in [2.05, 4.69) is 10.5 Å². The summed E-state index contributed by atoms with van der Waals surface area (Å²) in [6.45, 7) is 1.51. The number of carboxylic acid groups (broad SMARTS) is 1. The molecule has 1 heterocycles. The number of carbonyl (C=O) groups is 1. The Morgan fingerprint density at radius 2 is 2.21 bits per heavy atom. The van der Waals surface area contributed by atoms with E-state index in [1.54, 1.807) is 30.5 Å². The highest BCUT2D eigenvalue weighted by Gasteiger charge is 2.09. The van der Waals surface area contributed by atoms with Gasteiger partial charge in [-0.1, -0.05) is 17.3 Å². The molecule has 6 heteroatoms. The Kier molecular flexibility index (Phi) is 4.52. The highest BCUT2D eigenvalue weighted by molar-refractivity contribution is 5.90. The summed E-state index contributed by atoms with van der Waals surface area (Å²) in [6.07, 6.45) is 1.58. The van der Waals surface area contributed by atoms with Gasteiger partial charge in [0.1, 0.15) is 23.7 Å². The Morgan fingerprint density at radius 1 is 1.37 bits per heavy atom. The Morgan fingerprint density at radius 3 is 2.95 bits per heavy atom. The summed E-state index contributed by atoms with van der Waals surface area (Å²) >= 11 is 0. The normalized spacial score (nSPS) is 10.3. The predicted octanol–water partition coefficient (Wildman–Crippen LogP) is 1.54. The van der Waals surface area contributed by atoms with E-state index < -0.39 is 5.97 Å². The maximum absolute atomic E-state index is 11.0. The van der Waals surface area contributed by atoms with Gasteiger partial charge in [-0.2, -0.15) is 0 Å². The molecule has 2 N–H and O–H groups in total. The Labute approximate surface area is 110 Å². The van der Waals surface area contributed by atoms with Crippen LogP contribution in [0.4, 0.5) is 0 Å². The molecule has 2 aromatic rings. The average molecular weight is 262 g/mol. The van der Waals surface area contributed by atoms with Crippen LogP contribution in [0, 0.1) is 0 Å². The van der Waals surface area contributed by atoms with Crippen molar-refractivity contribution in [2.24, 2.45) is 0 Å². The zero-order chi connectivity index (χ0) is 13.5. The molecule has 0 aliphatic rings. The molecule has 0 saturated carbocycles. The fraction of sp³-hybridized carbons (Fsp3) is 0.231. The third-order valence-corrected chi connectivity index (χ3v) is 2.44. The quantitative estimate of drug-likeness (QED) is 0.736. The number of ether oxygens (including phenoxy) is 1. The molecule has 0 spiro atoms. The van der Waals surface area contributed by atoms with Gasteiger partial charge in [-0.05, 0) is 12.1 Å². The largest absolute Gasteiger partial charge is 0.491 e. The number of benzene rings is 1. The fourth-order valence-electron chi connectivity index (χ4n) is 1.55. The monoisotopic (exact) mass is 262 g/mol. The molecule has 0 aliphatic heterocycles. The molecule has 0 aliphatic carbocycles. The number of aromatic nitrogens is 1. The van der Waals surface area contributed by atoms with Gasteiger partial charge < -0.3 is 19.7 Å². The van der Waals surface area contributed by atoms with Gasteiger partial charge >= 0.3 is 5.97 Å². The topological polar surface area (TPSA) is 84.6 Å². The predicted molar refractivity (Wildman–Crippen MR) is 67.1 cm³/mol. The van der Waals surface area contributed by atoms with E-state index in [4.69, 9.17) is 14.4 Å². The number of aromatic carboxylic acids is 1. The zero-order valence-electron chi connectivity index (χ0n) is 10.2. The number of hydrogen-bond donors (Lipinski definition) is 2. The van der Waals surface area contributed by atoms with Crippen LogP contribution in [0.2, 0.25) is 0 Å². The first-order valence-corrected chi connectivity index (χ1v) is 5.83. The van der Waals surface area contributed by atoms with Crippen molar-refractivity contribution in [2.75, 3.05) is 13.2 Å². The van der Waals surface area contributed by atoms with E-state index >= 15 is 0 Å². The van der Waals surface area contributed by atoms with Crippen LogP contribution < -0.4 is 10.1 Å². The first kappa shape index (κ1) is 13.1. The van der Waals surface area contributed by atoms with Crippen LogP contribution in [-0.4, -0.2) is 29.4 Å². The smallest absolute Gasteiger partial charge is 0.339 e. The average Bonchev–Trinajstić information content (AvgIpc) is 2.92. The lowest BCUT2D eigenvalue weighted by Crippen LogP contribution is -2.20. The molecule has 0 fully saturated rings. The van der Waals surface area contributed by atoms with Crippen LogP contribution in [0.1, 0.15) is 16.1 Å². The van der Waals surface area contributed by atoms with Gasteiger partial charge in [0.2, 0.25) is 0 Å². The molecular formula is C13H14N2O4. The van der Waals surface area contributed by atoms with Crippen LogP contribution in [0.3, 0.4) is 0 Å². The van der Waals surface area contributed by atoms with Gasteiger partial charge in [-0.15, -0.1) is 0 Å². The van der Waals surface area contributed by atoms with E-state index in [1.165, 1.54) is 6.07 Å². The van der Waals surface area contributed by atoms with Crippen molar-refractivity contribution in [1.82, 2.24) is 10.5 Å². The summed E-state index contributed by atoms with van der Waals surface area (Å²) in [5.41, 5.74) is 0.165. The van der Waals surface area contributed by atoms with E-state index in [9.17, 15) is 4.79 Å². The molecule has 100 valence electrons. The molecule has 1 aromatic heterocycles. The minimum Gasteiger partial charge on any atom is -0.491 e. The van der Waals surface area contributed by atoms with Crippen LogP contribution >= 0.6 is 0 Å². The van der Waals surface area contributed by atoms with Crippen LogP contribution in [0.15, 0.2) is 41.1 Å². The summed E-state index contributed by atoms with van der Waals surface area (Å²) in [4.78, 5) is 11.0. The second-order valence-corrected chi connectivity index (χ2v) is 3.81. The van der Waals surface area contributed by atoms with Crippen molar-refractivity contribution >= 4 is 5.97 Å². The Balaban J connectivity index is 1.75. The SMILES string of the molecule is O=C(O)c1ccccc1OCCNCc1ccno1. The molecule has 19 heavy (non-hydrogen) atoms. The zero-order valence-corrected chi connectivity index (χ0v) is 10.2. The number of hydrogen-bond acceptors (Lipinski definition) is 5. The fourth-order valence-corrected chi connectivity index (χ4v) is 1.55. The van der Waals surface area contributed by atoms with Gasteiger partial charge in [0.15, 0.2) is 0 Å². The van der Waals surface area contributed by atoms with Gasteiger partial charge in [-0.25, -0.2) is 4.79 Å². The molecule has 0 unspecified atom stereocenters. The van der Waals surface area contributed by atoms with Crippen molar-refractivity contribution in [3.63, 3.8) is 0 Å². The molecule has 0 bridgehead atoms.